The Balaban J connectivity index is 1.50. The van der Waals surface area contributed by atoms with Crippen molar-refractivity contribution in [3.63, 3.8) is 0 Å². The number of para-hydroxylation sites is 1. The van der Waals surface area contributed by atoms with Gasteiger partial charge >= 0.3 is 0 Å². The van der Waals surface area contributed by atoms with Gasteiger partial charge in [0, 0.05) is 43.2 Å². The summed E-state index contributed by atoms with van der Waals surface area (Å²) >= 11 is 0. The average Bonchev–Trinajstić information content (AvgIpc) is 2.68. The van der Waals surface area contributed by atoms with E-state index in [2.05, 4.69) is 46.5 Å². The highest BCUT2D eigenvalue weighted by Gasteiger charge is 2.14. The molecule has 5 nitrogen and oxygen atoms in total. The first-order valence-electron chi connectivity index (χ1n) is 9.31. The molecular formula is C21H28N4O. The molecule has 1 fully saturated rings. The van der Waals surface area contributed by atoms with Gasteiger partial charge in [0.1, 0.15) is 0 Å². The summed E-state index contributed by atoms with van der Waals surface area (Å²) in [6.45, 7) is 6.65. The molecular weight excluding hydrogens is 324 g/mol. The number of likely N-dealkylation sites (N-methyl/N-ethyl adjacent to an activating group) is 1. The quantitative estimate of drug-likeness (QED) is 0.839. The normalized spacial score (nSPS) is 14.9. The number of rotatable bonds is 6. The molecule has 2 N–H and O–H groups in total. The third kappa shape index (κ3) is 4.76. The molecule has 0 aliphatic carbocycles. The van der Waals surface area contributed by atoms with Crippen molar-refractivity contribution < 1.29 is 4.79 Å². The van der Waals surface area contributed by atoms with Crippen LogP contribution in [0, 0.1) is 0 Å². The minimum Gasteiger partial charge on any atom is -0.376 e. The van der Waals surface area contributed by atoms with Crippen LogP contribution in [0.25, 0.3) is 0 Å². The number of aryl methyl sites for hydroxylation is 1. The molecule has 1 amide bonds. The van der Waals surface area contributed by atoms with E-state index in [1.54, 1.807) is 0 Å². The van der Waals surface area contributed by atoms with Gasteiger partial charge in [0.2, 0.25) is 5.91 Å². The topological polar surface area (TPSA) is 47.6 Å². The van der Waals surface area contributed by atoms with Gasteiger partial charge < -0.3 is 20.4 Å². The Morgan fingerprint density at radius 2 is 1.69 bits per heavy atom. The van der Waals surface area contributed by atoms with Crippen LogP contribution in [0.15, 0.2) is 48.5 Å². The van der Waals surface area contributed by atoms with Gasteiger partial charge in [0.05, 0.1) is 6.54 Å². The number of anilines is 3. The second-order valence-corrected chi connectivity index (χ2v) is 6.75. The van der Waals surface area contributed by atoms with Gasteiger partial charge in [0.15, 0.2) is 0 Å². The predicted molar refractivity (Wildman–Crippen MR) is 109 cm³/mol. The molecule has 0 unspecified atom stereocenters. The molecule has 0 saturated carbocycles. The Morgan fingerprint density at radius 1 is 1.00 bits per heavy atom. The number of carbonyl (C=O) groups is 1. The Kier molecular flexibility index (Phi) is 6.12. The first kappa shape index (κ1) is 18.3. The number of nitrogens with one attached hydrogen (secondary N) is 2. The number of carbonyl (C=O) groups excluding carboxylic acids is 1. The van der Waals surface area contributed by atoms with E-state index in [-0.39, 0.29) is 12.5 Å². The van der Waals surface area contributed by atoms with Crippen molar-refractivity contribution in [1.29, 1.82) is 0 Å². The zero-order valence-electron chi connectivity index (χ0n) is 15.7. The van der Waals surface area contributed by atoms with E-state index in [0.29, 0.717) is 0 Å². The van der Waals surface area contributed by atoms with Gasteiger partial charge in [-0.05, 0) is 49.4 Å². The number of amides is 1. The fraction of sp³-hybridized carbons (Fsp3) is 0.381. The summed E-state index contributed by atoms with van der Waals surface area (Å²) in [5.41, 5.74) is 4.25. The number of piperazine rings is 1. The fourth-order valence-electron chi connectivity index (χ4n) is 3.18. The van der Waals surface area contributed by atoms with Crippen molar-refractivity contribution in [3.8, 4) is 0 Å². The van der Waals surface area contributed by atoms with E-state index in [0.717, 1.165) is 49.5 Å². The SMILES string of the molecule is CCc1ccccc1NC(=O)CNc1ccc(N2CCN(C)CC2)cc1. The van der Waals surface area contributed by atoms with Crippen molar-refractivity contribution >= 4 is 23.0 Å². The zero-order valence-corrected chi connectivity index (χ0v) is 15.7. The van der Waals surface area contributed by atoms with E-state index in [9.17, 15) is 4.79 Å². The summed E-state index contributed by atoms with van der Waals surface area (Å²) in [6.07, 6.45) is 0.900. The Labute approximate surface area is 156 Å². The summed E-state index contributed by atoms with van der Waals surface area (Å²) < 4.78 is 0. The maximum absolute atomic E-state index is 12.2. The van der Waals surface area contributed by atoms with Crippen molar-refractivity contribution in [2.75, 3.05) is 55.3 Å². The highest BCUT2D eigenvalue weighted by molar-refractivity contribution is 5.94. The Hall–Kier alpha value is -2.53. The molecule has 0 bridgehead atoms. The van der Waals surface area contributed by atoms with Crippen molar-refractivity contribution in [1.82, 2.24) is 4.90 Å². The number of benzene rings is 2. The molecule has 138 valence electrons. The lowest BCUT2D eigenvalue weighted by molar-refractivity contribution is -0.114. The molecule has 0 radical (unpaired) electrons. The molecule has 2 aromatic rings. The van der Waals surface area contributed by atoms with Gasteiger partial charge in [-0.2, -0.15) is 0 Å². The Morgan fingerprint density at radius 3 is 2.38 bits per heavy atom. The molecule has 5 heteroatoms. The van der Waals surface area contributed by atoms with Crippen LogP contribution in [0.2, 0.25) is 0 Å². The van der Waals surface area contributed by atoms with Crippen LogP contribution in [-0.2, 0) is 11.2 Å². The van der Waals surface area contributed by atoms with E-state index in [4.69, 9.17) is 0 Å². The standard InChI is InChI=1S/C21H28N4O/c1-3-17-6-4-5-7-20(17)23-21(26)16-22-18-8-10-19(11-9-18)25-14-12-24(2)13-15-25/h4-11,22H,3,12-16H2,1-2H3,(H,23,26). The molecule has 1 aliphatic rings. The average molecular weight is 352 g/mol. The smallest absolute Gasteiger partial charge is 0.243 e. The highest BCUT2D eigenvalue weighted by atomic mass is 16.1. The summed E-state index contributed by atoms with van der Waals surface area (Å²) in [4.78, 5) is 17.0. The van der Waals surface area contributed by atoms with Gasteiger partial charge in [-0.25, -0.2) is 0 Å². The second kappa shape index (κ2) is 8.72. The minimum atomic E-state index is -0.0333. The van der Waals surface area contributed by atoms with Crippen LogP contribution in [0.1, 0.15) is 12.5 Å². The van der Waals surface area contributed by atoms with Crippen LogP contribution in [0.5, 0.6) is 0 Å². The second-order valence-electron chi connectivity index (χ2n) is 6.75. The molecule has 0 atom stereocenters. The highest BCUT2D eigenvalue weighted by Crippen LogP contribution is 2.19. The monoisotopic (exact) mass is 352 g/mol. The van der Waals surface area contributed by atoms with Gasteiger partial charge in [-0.15, -0.1) is 0 Å². The minimum absolute atomic E-state index is 0.0333. The fourth-order valence-corrected chi connectivity index (χ4v) is 3.18. The molecule has 1 heterocycles. The summed E-state index contributed by atoms with van der Waals surface area (Å²) in [5, 5.41) is 6.19. The summed E-state index contributed by atoms with van der Waals surface area (Å²) in [5.74, 6) is -0.0333. The van der Waals surface area contributed by atoms with Crippen molar-refractivity contribution in [3.05, 3.63) is 54.1 Å². The van der Waals surface area contributed by atoms with Crippen LogP contribution in [-0.4, -0.2) is 50.6 Å². The lowest BCUT2D eigenvalue weighted by atomic mass is 10.1. The summed E-state index contributed by atoms with van der Waals surface area (Å²) in [7, 11) is 2.16. The number of hydrogen-bond acceptors (Lipinski definition) is 4. The number of nitrogens with zero attached hydrogens (tertiary/aromatic N) is 2. The van der Waals surface area contributed by atoms with Crippen molar-refractivity contribution in [2.45, 2.75) is 13.3 Å². The lowest BCUT2D eigenvalue weighted by Gasteiger charge is -2.34. The van der Waals surface area contributed by atoms with Crippen molar-refractivity contribution in [2.24, 2.45) is 0 Å². The summed E-state index contributed by atoms with van der Waals surface area (Å²) in [6, 6.07) is 16.3. The van der Waals surface area contributed by atoms with Gasteiger partial charge in [-0.1, -0.05) is 25.1 Å². The van der Waals surface area contributed by atoms with E-state index >= 15 is 0 Å². The first-order valence-corrected chi connectivity index (χ1v) is 9.31. The third-order valence-electron chi connectivity index (χ3n) is 4.86. The molecule has 1 saturated heterocycles. The Bertz CT molecular complexity index is 721. The maximum atomic E-state index is 12.2. The first-order chi connectivity index (χ1) is 12.7. The third-order valence-corrected chi connectivity index (χ3v) is 4.86. The van der Waals surface area contributed by atoms with Crippen LogP contribution < -0.4 is 15.5 Å². The van der Waals surface area contributed by atoms with Gasteiger partial charge in [0.25, 0.3) is 0 Å². The largest absolute Gasteiger partial charge is 0.376 e. The molecule has 1 aliphatic heterocycles. The number of hydrogen-bond donors (Lipinski definition) is 2. The molecule has 2 aromatic carbocycles. The van der Waals surface area contributed by atoms with E-state index in [1.807, 2.05) is 36.4 Å². The molecule has 3 rings (SSSR count). The molecule has 0 aromatic heterocycles. The maximum Gasteiger partial charge on any atom is 0.243 e. The molecule has 26 heavy (non-hydrogen) atoms. The van der Waals surface area contributed by atoms with E-state index in [1.165, 1.54) is 5.69 Å². The zero-order chi connectivity index (χ0) is 18.4. The van der Waals surface area contributed by atoms with Crippen LogP contribution >= 0.6 is 0 Å². The molecule has 0 spiro atoms. The lowest BCUT2D eigenvalue weighted by Crippen LogP contribution is -2.44. The van der Waals surface area contributed by atoms with E-state index < -0.39 is 0 Å². The predicted octanol–water partition coefficient (Wildman–Crippen LogP) is 3.05. The van der Waals surface area contributed by atoms with Crippen LogP contribution in [0.3, 0.4) is 0 Å². The van der Waals surface area contributed by atoms with Crippen LogP contribution in [0.4, 0.5) is 17.1 Å². The van der Waals surface area contributed by atoms with Gasteiger partial charge in [-0.3, -0.25) is 4.79 Å².